The second-order valence-corrected chi connectivity index (χ2v) is 10.2. The fraction of sp³-hybridized carbons (Fsp3) is 0.632. The lowest BCUT2D eigenvalue weighted by atomic mass is 9.93. The first-order chi connectivity index (χ1) is 11.9. The summed E-state index contributed by atoms with van der Waals surface area (Å²) in [4.78, 5) is 14.1. The van der Waals surface area contributed by atoms with E-state index in [1.807, 2.05) is 49.8 Å². The van der Waals surface area contributed by atoms with Gasteiger partial charge in [-0.1, -0.05) is 26.0 Å². The van der Waals surface area contributed by atoms with E-state index in [1.54, 1.807) is 0 Å². The van der Waals surface area contributed by atoms with Gasteiger partial charge in [-0.15, -0.1) is 23.5 Å². The van der Waals surface area contributed by atoms with Gasteiger partial charge in [0.1, 0.15) is 5.75 Å². The van der Waals surface area contributed by atoms with Gasteiger partial charge in [-0.25, -0.2) is 0 Å². The maximum atomic E-state index is 12.0. The van der Waals surface area contributed by atoms with Crippen LogP contribution in [-0.4, -0.2) is 56.1 Å². The Labute approximate surface area is 160 Å². The quantitative estimate of drug-likeness (QED) is 0.743. The van der Waals surface area contributed by atoms with E-state index in [2.05, 4.69) is 36.2 Å². The van der Waals surface area contributed by atoms with Crippen LogP contribution >= 0.6 is 23.5 Å². The molecule has 1 amide bonds. The number of hydrogen-bond acceptors (Lipinski definition) is 5. The van der Waals surface area contributed by atoms with E-state index < -0.39 is 0 Å². The lowest BCUT2D eigenvalue weighted by molar-refractivity contribution is -0.123. The molecule has 2 rings (SSSR count). The van der Waals surface area contributed by atoms with Crippen molar-refractivity contribution < 1.29 is 9.53 Å². The molecule has 1 N–H and O–H groups in total. The van der Waals surface area contributed by atoms with Gasteiger partial charge >= 0.3 is 0 Å². The molecule has 0 aromatic heterocycles. The Morgan fingerprint density at radius 3 is 2.48 bits per heavy atom. The Balaban J connectivity index is 1.74. The third kappa shape index (κ3) is 7.50. The normalized spacial score (nSPS) is 16.0. The van der Waals surface area contributed by atoms with Crippen LogP contribution in [0.4, 0.5) is 0 Å². The monoisotopic (exact) mass is 382 g/mol. The number of amides is 1. The lowest BCUT2D eigenvalue weighted by Crippen LogP contribution is -2.41. The van der Waals surface area contributed by atoms with Crippen LogP contribution in [0.1, 0.15) is 30.4 Å². The molecule has 1 aromatic rings. The minimum absolute atomic E-state index is 0.0378. The van der Waals surface area contributed by atoms with Gasteiger partial charge in [-0.2, -0.15) is 0 Å². The minimum Gasteiger partial charge on any atom is -0.484 e. The number of ether oxygens (including phenoxy) is 1. The number of nitrogens with zero attached hydrogens (tertiary/aromatic N) is 1. The first-order valence-electron chi connectivity index (χ1n) is 8.73. The van der Waals surface area contributed by atoms with Crippen LogP contribution in [-0.2, 0) is 4.79 Å². The summed E-state index contributed by atoms with van der Waals surface area (Å²) in [5.41, 5.74) is 1.37. The summed E-state index contributed by atoms with van der Waals surface area (Å²) in [7, 11) is 4.08. The van der Waals surface area contributed by atoms with Crippen molar-refractivity contribution in [2.24, 2.45) is 5.41 Å². The van der Waals surface area contributed by atoms with Gasteiger partial charge in [0.15, 0.2) is 6.61 Å². The molecule has 140 valence electrons. The van der Waals surface area contributed by atoms with Gasteiger partial charge in [0.05, 0.1) is 4.58 Å². The summed E-state index contributed by atoms with van der Waals surface area (Å²) in [5.74, 6) is 3.15. The Hall–Kier alpha value is -0.850. The highest BCUT2D eigenvalue weighted by atomic mass is 32.2. The number of benzene rings is 1. The van der Waals surface area contributed by atoms with E-state index in [-0.39, 0.29) is 17.9 Å². The Kier molecular flexibility index (Phi) is 7.97. The number of carbonyl (C=O) groups excluding carboxylic acids is 1. The zero-order chi connectivity index (χ0) is 18.3. The molecule has 0 radical (unpaired) electrons. The molecular weight excluding hydrogens is 352 g/mol. The molecule has 0 bridgehead atoms. The molecule has 0 atom stereocenters. The molecule has 1 aliphatic rings. The van der Waals surface area contributed by atoms with Crippen molar-refractivity contribution in [1.29, 1.82) is 0 Å². The van der Waals surface area contributed by atoms with Gasteiger partial charge in [0, 0.05) is 13.1 Å². The van der Waals surface area contributed by atoms with E-state index in [9.17, 15) is 4.79 Å². The van der Waals surface area contributed by atoms with Crippen LogP contribution in [0.15, 0.2) is 24.3 Å². The fourth-order valence-electron chi connectivity index (χ4n) is 2.85. The predicted octanol–water partition coefficient (Wildman–Crippen LogP) is 3.64. The van der Waals surface area contributed by atoms with Gasteiger partial charge in [0.2, 0.25) is 0 Å². The summed E-state index contributed by atoms with van der Waals surface area (Å²) >= 11 is 4.02. The van der Waals surface area contributed by atoms with Gasteiger partial charge in [0.25, 0.3) is 5.91 Å². The third-order valence-corrected chi connectivity index (χ3v) is 6.87. The number of nitrogens with one attached hydrogen (secondary N) is 1. The van der Waals surface area contributed by atoms with Crippen LogP contribution < -0.4 is 10.1 Å². The maximum Gasteiger partial charge on any atom is 0.257 e. The molecule has 4 nitrogen and oxygen atoms in total. The fourth-order valence-corrected chi connectivity index (χ4v) is 5.75. The summed E-state index contributed by atoms with van der Waals surface area (Å²) < 4.78 is 6.15. The minimum atomic E-state index is -0.0747. The van der Waals surface area contributed by atoms with Gasteiger partial charge in [-0.05, 0) is 55.1 Å². The van der Waals surface area contributed by atoms with Crippen molar-refractivity contribution in [2.45, 2.75) is 24.9 Å². The zero-order valence-corrected chi connectivity index (χ0v) is 17.3. The Morgan fingerprint density at radius 1 is 1.24 bits per heavy atom. The van der Waals surface area contributed by atoms with Crippen LogP contribution in [0.3, 0.4) is 0 Å². The highest BCUT2D eigenvalue weighted by Crippen LogP contribution is 2.43. The molecule has 1 aromatic carbocycles. The Morgan fingerprint density at radius 2 is 1.88 bits per heavy atom. The standard InChI is InChI=1S/C19H30N2O2S2/c1-19(2,14-21(3)4)13-20-17(22)12-23-16-8-6-15(7-9-16)18-24-10-5-11-25-18/h6-9,18H,5,10-14H2,1-4H3,(H,20,22). The average molecular weight is 383 g/mol. The summed E-state index contributed by atoms with van der Waals surface area (Å²) in [6.45, 7) is 5.92. The van der Waals surface area contributed by atoms with Gasteiger partial charge < -0.3 is 15.0 Å². The number of hydrogen-bond donors (Lipinski definition) is 1. The van der Waals surface area contributed by atoms with Crippen LogP contribution in [0, 0.1) is 5.41 Å². The number of carbonyl (C=O) groups is 1. The molecule has 6 heteroatoms. The Bertz CT molecular complexity index is 541. The van der Waals surface area contributed by atoms with Crippen LogP contribution in [0.2, 0.25) is 0 Å². The molecule has 1 aliphatic heterocycles. The molecule has 1 heterocycles. The van der Waals surface area contributed by atoms with E-state index >= 15 is 0 Å². The largest absolute Gasteiger partial charge is 0.484 e. The van der Waals surface area contributed by atoms with E-state index in [4.69, 9.17) is 4.74 Å². The summed E-state index contributed by atoms with van der Waals surface area (Å²) in [6.07, 6.45) is 1.30. The molecule has 1 fully saturated rings. The van der Waals surface area contributed by atoms with Gasteiger partial charge in [-0.3, -0.25) is 4.79 Å². The summed E-state index contributed by atoms with van der Waals surface area (Å²) in [6, 6.07) is 8.16. The first kappa shape index (κ1) is 20.5. The molecule has 1 saturated heterocycles. The second kappa shape index (κ2) is 9.74. The highest BCUT2D eigenvalue weighted by molar-refractivity contribution is 8.16. The van der Waals surface area contributed by atoms with E-state index in [0.717, 1.165) is 12.3 Å². The van der Waals surface area contributed by atoms with E-state index in [1.165, 1.54) is 23.5 Å². The van der Waals surface area contributed by atoms with Crippen LogP contribution in [0.25, 0.3) is 0 Å². The van der Waals surface area contributed by atoms with Crippen molar-refractivity contribution in [2.75, 3.05) is 45.3 Å². The summed E-state index contributed by atoms with van der Waals surface area (Å²) in [5, 5.41) is 2.96. The molecule has 0 spiro atoms. The van der Waals surface area contributed by atoms with Crippen molar-refractivity contribution >= 4 is 29.4 Å². The van der Waals surface area contributed by atoms with Crippen LogP contribution in [0.5, 0.6) is 5.75 Å². The van der Waals surface area contributed by atoms with Crippen molar-refractivity contribution in [3.8, 4) is 5.75 Å². The second-order valence-electron chi connectivity index (χ2n) is 7.46. The van der Waals surface area contributed by atoms with E-state index in [0.29, 0.717) is 11.1 Å². The van der Waals surface area contributed by atoms with Crippen molar-refractivity contribution in [3.63, 3.8) is 0 Å². The highest BCUT2D eigenvalue weighted by Gasteiger charge is 2.20. The number of rotatable bonds is 8. The average Bonchev–Trinajstić information content (AvgIpc) is 2.58. The number of thioether (sulfide) groups is 2. The molecule has 25 heavy (non-hydrogen) atoms. The molecule has 0 aliphatic carbocycles. The predicted molar refractivity (Wildman–Crippen MR) is 110 cm³/mol. The maximum absolute atomic E-state index is 12.0. The molecule has 0 unspecified atom stereocenters. The van der Waals surface area contributed by atoms with Crippen molar-refractivity contribution in [3.05, 3.63) is 29.8 Å². The molecule has 0 saturated carbocycles. The zero-order valence-electron chi connectivity index (χ0n) is 15.7. The third-order valence-electron chi connectivity index (χ3n) is 3.86. The molecular formula is C19H30N2O2S2. The smallest absolute Gasteiger partial charge is 0.257 e. The topological polar surface area (TPSA) is 41.6 Å². The SMILES string of the molecule is CN(C)CC(C)(C)CNC(=O)COc1ccc(C2SCCCS2)cc1. The van der Waals surface area contributed by atoms with Crippen molar-refractivity contribution in [1.82, 2.24) is 10.2 Å². The lowest BCUT2D eigenvalue weighted by Gasteiger charge is -2.28. The first-order valence-corrected chi connectivity index (χ1v) is 10.8.